The summed E-state index contributed by atoms with van der Waals surface area (Å²) in [5.74, 6) is 2.61. The zero-order chi connectivity index (χ0) is 13.9. The van der Waals surface area contributed by atoms with Crippen LogP contribution in [-0.2, 0) is 11.2 Å². The molecule has 1 fully saturated rings. The number of carbonyl (C=O) groups excluding carboxylic acids is 1. The standard InChI is InChI=1S/C16H21NO3/c1-19-14-5-6-15-13(8-14)7-11(10-20-15)9-17-16(18)12-3-2-4-12/h5-6,8,11-12H,2-4,7,9-10H2,1H3,(H,17,18). The molecule has 1 aromatic carbocycles. The van der Waals surface area contributed by atoms with Crippen LogP contribution in [0, 0.1) is 11.8 Å². The van der Waals surface area contributed by atoms with Gasteiger partial charge < -0.3 is 14.8 Å². The summed E-state index contributed by atoms with van der Waals surface area (Å²) in [7, 11) is 1.67. The fourth-order valence-electron chi connectivity index (χ4n) is 2.75. The molecule has 0 saturated heterocycles. The van der Waals surface area contributed by atoms with Crippen molar-refractivity contribution in [2.24, 2.45) is 11.8 Å². The number of fused-ring (bicyclic) bond motifs is 1. The molecule has 0 bridgehead atoms. The summed E-state index contributed by atoms with van der Waals surface area (Å²) >= 11 is 0. The summed E-state index contributed by atoms with van der Waals surface area (Å²) in [5, 5.41) is 3.06. The second-order valence-electron chi connectivity index (χ2n) is 5.73. The Balaban J connectivity index is 1.56. The number of hydrogen-bond donors (Lipinski definition) is 1. The quantitative estimate of drug-likeness (QED) is 0.916. The van der Waals surface area contributed by atoms with E-state index in [1.165, 1.54) is 12.0 Å². The van der Waals surface area contributed by atoms with Gasteiger partial charge in [-0.25, -0.2) is 0 Å². The molecule has 1 N–H and O–H groups in total. The van der Waals surface area contributed by atoms with Gasteiger partial charge in [0.25, 0.3) is 0 Å². The summed E-state index contributed by atoms with van der Waals surface area (Å²) in [6, 6.07) is 5.89. The minimum atomic E-state index is 0.215. The molecule has 1 unspecified atom stereocenters. The minimum Gasteiger partial charge on any atom is -0.497 e. The van der Waals surface area contributed by atoms with Crippen LogP contribution in [0.1, 0.15) is 24.8 Å². The summed E-state index contributed by atoms with van der Waals surface area (Å²) in [6.07, 6.45) is 4.22. The summed E-state index contributed by atoms with van der Waals surface area (Å²) < 4.78 is 11.0. The van der Waals surface area contributed by atoms with E-state index in [1.807, 2.05) is 18.2 Å². The Morgan fingerprint density at radius 1 is 1.45 bits per heavy atom. The molecular weight excluding hydrogens is 254 g/mol. The molecule has 0 aromatic heterocycles. The smallest absolute Gasteiger partial charge is 0.223 e. The molecular formula is C16H21NO3. The highest BCUT2D eigenvalue weighted by atomic mass is 16.5. The van der Waals surface area contributed by atoms with Gasteiger partial charge in [-0.3, -0.25) is 4.79 Å². The van der Waals surface area contributed by atoms with Crippen LogP contribution >= 0.6 is 0 Å². The Hall–Kier alpha value is -1.71. The Morgan fingerprint density at radius 3 is 3.00 bits per heavy atom. The fourth-order valence-corrected chi connectivity index (χ4v) is 2.75. The zero-order valence-corrected chi connectivity index (χ0v) is 11.9. The molecule has 1 atom stereocenters. The summed E-state index contributed by atoms with van der Waals surface area (Å²) in [5.41, 5.74) is 1.17. The molecule has 4 nitrogen and oxygen atoms in total. The van der Waals surface area contributed by atoms with Crippen molar-refractivity contribution in [2.75, 3.05) is 20.3 Å². The lowest BCUT2D eigenvalue weighted by atomic mass is 9.84. The molecule has 4 heteroatoms. The second kappa shape index (κ2) is 5.73. The van der Waals surface area contributed by atoms with Crippen molar-refractivity contribution in [3.63, 3.8) is 0 Å². The largest absolute Gasteiger partial charge is 0.497 e. The maximum Gasteiger partial charge on any atom is 0.223 e. The van der Waals surface area contributed by atoms with Crippen LogP contribution in [0.25, 0.3) is 0 Å². The van der Waals surface area contributed by atoms with Gasteiger partial charge >= 0.3 is 0 Å². The lowest BCUT2D eigenvalue weighted by Crippen LogP contribution is -2.39. The van der Waals surface area contributed by atoms with Crippen LogP contribution in [0.5, 0.6) is 11.5 Å². The Kier molecular flexibility index (Phi) is 3.81. The van der Waals surface area contributed by atoms with E-state index in [0.29, 0.717) is 19.1 Å². The predicted octanol–water partition coefficient (Wildman–Crippen LogP) is 2.16. The van der Waals surface area contributed by atoms with E-state index in [4.69, 9.17) is 9.47 Å². The third kappa shape index (κ3) is 2.74. The van der Waals surface area contributed by atoms with Gasteiger partial charge in [-0.1, -0.05) is 6.42 Å². The molecule has 1 aromatic rings. The average Bonchev–Trinajstić information content (AvgIpc) is 2.42. The van der Waals surface area contributed by atoms with Gasteiger partial charge in [-0.05, 0) is 43.0 Å². The molecule has 1 amide bonds. The van der Waals surface area contributed by atoms with Crippen molar-refractivity contribution >= 4 is 5.91 Å². The Morgan fingerprint density at radius 2 is 2.30 bits per heavy atom. The van der Waals surface area contributed by atoms with E-state index in [9.17, 15) is 4.79 Å². The van der Waals surface area contributed by atoms with Crippen LogP contribution < -0.4 is 14.8 Å². The van der Waals surface area contributed by atoms with E-state index in [1.54, 1.807) is 7.11 Å². The van der Waals surface area contributed by atoms with Gasteiger partial charge in [-0.15, -0.1) is 0 Å². The first-order valence-corrected chi connectivity index (χ1v) is 7.33. The van der Waals surface area contributed by atoms with Crippen LogP contribution in [0.4, 0.5) is 0 Å². The SMILES string of the molecule is COc1ccc2c(c1)CC(CNC(=O)C1CCC1)CO2. The van der Waals surface area contributed by atoms with Gasteiger partial charge in [0, 0.05) is 18.4 Å². The van der Waals surface area contributed by atoms with Gasteiger partial charge in [-0.2, -0.15) is 0 Å². The van der Waals surface area contributed by atoms with Crippen LogP contribution in [0.15, 0.2) is 18.2 Å². The molecule has 20 heavy (non-hydrogen) atoms. The summed E-state index contributed by atoms with van der Waals surface area (Å²) in [6.45, 7) is 1.37. The van der Waals surface area contributed by atoms with E-state index < -0.39 is 0 Å². The maximum absolute atomic E-state index is 11.8. The highest BCUT2D eigenvalue weighted by Crippen LogP contribution is 2.31. The molecule has 0 spiro atoms. The maximum atomic E-state index is 11.8. The van der Waals surface area contributed by atoms with Crippen molar-refractivity contribution in [3.8, 4) is 11.5 Å². The second-order valence-corrected chi connectivity index (χ2v) is 5.73. The number of carbonyl (C=O) groups is 1. The highest BCUT2D eigenvalue weighted by molar-refractivity contribution is 5.79. The van der Waals surface area contributed by atoms with Gasteiger partial charge in [0.15, 0.2) is 0 Å². The number of rotatable bonds is 4. The molecule has 1 aliphatic carbocycles. The number of benzene rings is 1. The summed E-state index contributed by atoms with van der Waals surface area (Å²) in [4.78, 5) is 11.8. The molecule has 1 heterocycles. The van der Waals surface area contributed by atoms with Crippen molar-refractivity contribution in [2.45, 2.75) is 25.7 Å². The van der Waals surface area contributed by atoms with Crippen LogP contribution in [0.3, 0.4) is 0 Å². The predicted molar refractivity (Wildman–Crippen MR) is 76.0 cm³/mol. The highest BCUT2D eigenvalue weighted by Gasteiger charge is 2.26. The first kappa shape index (κ1) is 13.3. The third-order valence-electron chi connectivity index (χ3n) is 4.29. The van der Waals surface area contributed by atoms with Gasteiger partial charge in [0.1, 0.15) is 11.5 Å². The number of hydrogen-bond acceptors (Lipinski definition) is 3. The molecule has 1 aliphatic heterocycles. The number of ether oxygens (including phenoxy) is 2. The molecule has 3 rings (SSSR count). The number of methoxy groups -OCH3 is 1. The lowest BCUT2D eigenvalue weighted by Gasteiger charge is -2.28. The van der Waals surface area contributed by atoms with E-state index in [0.717, 1.165) is 30.8 Å². The number of amides is 1. The average molecular weight is 275 g/mol. The van der Waals surface area contributed by atoms with Crippen LogP contribution in [-0.4, -0.2) is 26.2 Å². The zero-order valence-electron chi connectivity index (χ0n) is 11.9. The van der Waals surface area contributed by atoms with Gasteiger partial charge in [0.05, 0.1) is 13.7 Å². The minimum absolute atomic E-state index is 0.215. The normalized spacial score (nSPS) is 21.4. The van der Waals surface area contributed by atoms with Gasteiger partial charge in [0.2, 0.25) is 5.91 Å². The topological polar surface area (TPSA) is 47.6 Å². The molecule has 0 radical (unpaired) electrons. The molecule has 108 valence electrons. The van der Waals surface area contributed by atoms with E-state index >= 15 is 0 Å². The van der Waals surface area contributed by atoms with Crippen molar-refractivity contribution in [1.29, 1.82) is 0 Å². The van der Waals surface area contributed by atoms with Crippen molar-refractivity contribution in [1.82, 2.24) is 5.32 Å². The van der Waals surface area contributed by atoms with Crippen molar-refractivity contribution in [3.05, 3.63) is 23.8 Å². The van der Waals surface area contributed by atoms with Crippen molar-refractivity contribution < 1.29 is 14.3 Å². The fraction of sp³-hybridized carbons (Fsp3) is 0.562. The Labute approximate surface area is 119 Å². The van der Waals surface area contributed by atoms with Crippen LogP contribution in [0.2, 0.25) is 0 Å². The number of nitrogens with one attached hydrogen (secondary N) is 1. The third-order valence-corrected chi connectivity index (χ3v) is 4.29. The van der Waals surface area contributed by atoms with E-state index in [-0.39, 0.29) is 11.8 Å². The Bertz CT molecular complexity index is 496. The van der Waals surface area contributed by atoms with E-state index in [2.05, 4.69) is 5.32 Å². The molecule has 1 saturated carbocycles. The monoisotopic (exact) mass is 275 g/mol. The first-order chi connectivity index (χ1) is 9.76. The molecule has 2 aliphatic rings. The first-order valence-electron chi connectivity index (χ1n) is 7.33. The lowest BCUT2D eigenvalue weighted by molar-refractivity contribution is -0.127.